The van der Waals surface area contributed by atoms with Crippen molar-refractivity contribution in [1.29, 1.82) is 0 Å². The summed E-state index contributed by atoms with van der Waals surface area (Å²) in [4.78, 5) is 1.54. The number of alkyl halides is 3. The summed E-state index contributed by atoms with van der Waals surface area (Å²) < 4.78 is 37.7. The van der Waals surface area contributed by atoms with Crippen LogP contribution in [0.5, 0.6) is 0 Å². The van der Waals surface area contributed by atoms with E-state index in [2.05, 4.69) is 19.2 Å². The molecular formula is C15H29F3N2. The summed E-state index contributed by atoms with van der Waals surface area (Å²) in [6.07, 6.45) is 0.288. The van der Waals surface area contributed by atoms with Crippen LogP contribution in [-0.2, 0) is 0 Å². The van der Waals surface area contributed by atoms with Gasteiger partial charge in [-0.25, -0.2) is 0 Å². The second kappa shape index (κ2) is 8.23. The summed E-state index contributed by atoms with van der Waals surface area (Å²) in [5, 5.41) is 3.53. The molecule has 0 aromatic heterocycles. The molecule has 0 radical (unpaired) electrons. The van der Waals surface area contributed by atoms with E-state index < -0.39 is 12.7 Å². The molecule has 1 fully saturated rings. The van der Waals surface area contributed by atoms with E-state index in [4.69, 9.17) is 0 Å². The minimum atomic E-state index is -4.09. The predicted octanol–water partition coefficient (Wildman–Crippen LogP) is 3.68. The Balaban J connectivity index is 2.57. The lowest BCUT2D eigenvalue weighted by molar-refractivity contribution is -0.147. The van der Waals surface area contributed by atoms with E-state index in [9.17, 15) is 13.2 Å². The zero-order chi connectivity index (χ0) is 15.2. The monoisotopic (exact) mass is 294 g/mol. The third-order valence-electron chi connectivity index (χ3n) is 4.24. The van der Waals surface area contributed by atoms with Gasteiger partial charge in [0, 0.05) is 12.6 Å². The first-order chi connectivity index (χ1) is 9.35. The van der Waals surface area contributed by atoms with E-state index in [1.807, 2.05) is 6.92 Å². The van der Waals surface area contributed by atoms with Crippen molar-refractivity contribution in [3.8, 4) is 0 Å². The summed E-state index contributed by atoms with van der Waals surface area (Å²) in [6.45, 7) is 7.34. The Morgan fingerprint density at radius 3 is 2.45 bits per heavy atom. The summed E-state index contributed by atoms with van der Waals surface area (Å²) in [5.41, 5.74) is 0. The van der Waals surface area contributed by atoms with Crippen LogP contribution in [0, 0.1) is 11.8 Å². The van der Waals surface area contributed by atoms with Crippen LogP contribution >= 0.6 is 0 Å². The maximum atomic E-state index is 12.6. The van der Waals surface area contributed by atoms with Crippen molar-refractivity contribution in [1.82, 2.24) is 10.2 Å². The molecule has 0 aliphatic heterocycles. The van der Waals surface area contributed by atoms with Gasteiger partial charge in [0.25, 0.3) is 0 Å². The predicted molar refractivity (Wildman–Crippen MR) is 76.8 cm³/mol. The Kier molecular flexibility index (Phi) is 7.30. The zero-order valence-electron chi connectivity index (χ0n) is 13.0. The van der Waals surface area contributed by atoms with Crippen LogP contribution < -0.4 is 5.32 Å². The lowest BCUT2D eigenvalue weighted by Gasteiger charge is -2.38. The van der Waals surface area contributed by atoms with Gasteiger partial charge in [0.1, 0.15) is 0 Å². The molecule has 1 aliphatic rings. The van der Waals surface area contributed by atoms with Crippen molar-refractivity contribution < 1.29 is 13.2 Å². The Morgan fingerprint density at radius 1 is 1.20 bits per heavy atom. The van der Waals surface area contributed by atoms with Crippen LogP contribution in [0.25, 0.3) is 0 Å². The average Bonchev–Trinajstić information content (AvgIpc) is 2.35. The van der Waals surface area contributed by atoms with E-state index in [1.54, 1.807) is 4.90 Å². The maximum Gasteiger partial charge on any atom is 0.401 e. The first kappa shape index (κ1) is 17.8. The van der Waals surface area contributed by atoms with Gasteiger partial charge in [-0.15, -0.1) is 0 Å². The van der Waals surface area contributed by atoms with Gasteiger partial charge in [0.15, 0.2) is 0 Å². The molecule has 0 spiro atoms. The molecule has 0 saturated heterocycles. The van der Waals surface area contributed by atoms with Crippen LogP contribution in [-0.4, -0.2) is 43.3 Å². The molecule has 0 heterocycles. The minimum Gasteiger partial charge on any atom is -0.314 e. The largest absolute Gasteiger partial charge is 0.401 e. The maximum absolute atomic E-state index is 12.6. The normalized spacial score (nSPS) is 28.1. The van der Waals surface area contributed by atoms with Crippen molar-refractivity contribution in [3.05, 3.63) is 0 Å². The fourth-order valence-corrected chi connectivity index (χ4v) is 3.19. The SMILES string of the molecule is CCCNC1CCC(C)CC1CN(CC)CC(F)(F)F. The highest BCUT2D eigenvalue weighted by Gasteiger charge is 2.34. The standard InChI is InChI=1S/C15H29F3N2/c1-4-8-19-14-7-6-12(3)9-13(14)10-20(5-2)11-15(16,17)18/h12-14,19H,4-11H2,1-3H3. The van der Waals surface area contributed by atoms with Crippen molar-refractivity contribution in [2.75, 3.05) is 26.2 Å². The van der Waals surface area contributed by atoms with Gasteiger partial charge in [-0.2, -0.15) is 13.2 Å². The number of rotatable bonds is 7. The molecule has 20 heavy (non-hydrogen) atoms. The van der Waals surface area contributed by atoms with Gasteiger partial charge in [-0.05, 0) is 50.6 Å². The number of nitrogens with zero attached hydrogens (tertiary/aromatic N) is 1. The van der Waals surface area contributed by atoms with Gasteiger partial charge in [-0.3, -0.25) is 4.90 Å². The first-order valence-corrected chi connectivity index (χ1v) is 7.88. The molecule has 5 heteroatoms. The second-order valence-electron chi connectivity index (χ2n) is 6.18. The Labute approximate surface area is 121 Å². The highest BCUT2D eigenvalue weighted by molar-refractivity contribution is 4.85. The third-order valence-corrected chi connectivity index (χ3v) is 4.24. The van der Waals surface area contributed by atoms with Gasteiger partial charge in [0.2, 0.25) is 0 Å². The van der Waals surface area contributed by atoms with Gasteiger partial charge < -0.3 is 5.32 Å². The Bertz CT molecular complexity index is 266. The summed E-state index contributed by atoms with van der Waals surface area (Å²) in [7, 11) is 0. The molecule has 3 atom stereocenters. The molecule has 0 bridgehead atoms. The first-order valence-electron chi connectivity index (χ1n) is 7.88. The molecule has 2 nitrogen and oxygen atoms in total. The summed E-state index contributed by atoms with van der Waals surface area (Å²) in [6, 6.07) is 0.383. The lowest BCUT2D eigenvalue weighted by atomic mass is 9.78. The van der Waals surface area contributed by atoms with Crippen molar-refractivity contribution in [2.24, 2.45) is 11.8 Å². The van der Waals surface area contributed by atoms with Crippen molar-refractivity contribution in [3.63, 3.8) is 0 Å². The van der Waals surface area contributed by atoms with Crippen molar-refractivity contribution >= 4 is 0 Å². The van der Waals surface area contributed by atoms with Crippen LogP contribution in [0.4, 0.5) is 13.2 Å². The van der Waals surface area contributed by atoms with Crippen LogP contribution in [0.2, 0.25) is 0 Å². The highest BCUT2D eigenvalue weighted by Crippen LogP contribution is 2.30. The molecule has 1 saturated carbocycles. The van der Waals surface area contributed by atoms with E-state index >= 15 is 0 Å². The van der Waals surface area contributed by atoms with Crippen LogP contribution in [0.15, 0.2) is 0 Å². The number of nitrogens with one attached hydrogen (secondary N) is 1. The van der Waals surface area contributed by atoms with E-state index in [0.717, 1.165) is 25.8 Å². The quantitative estimate of drug-likeness (QED) is 0.770. The van der Waals surface area contributed by atoms with Crippen LogP contribution in [0.1, 0.15) is 46.5 Å². The van der Waals surface area contributed by atoms with Gasteiger partial charge in [0.05, 0.1) is 6.54 Å². The van der Waals surface area contributed by atoms with Crippen molar-refractivity contribution in [2.45, 2.75) is 58.7 Å². The van der Waals surface area contributed by atoms with Gasteiger partial charge in [-0.1, -0.05) is 20.8 Å². The number of hydrogen-bond donors (Lipinski definition) is 1. The number of hydrogen-bond acceptors (Lipinski definition) is 2. The molecule has 120 valence electrons. The van der Waals surface area contributed by atoms with E-state index in [0.29, 0.717) is 31.0 Å². The Morgan fingerprint density at radius 2 is 1.90 bits per heavy atom. The Hall–Kier alpha value is -0.290. The summed E-state index contributed by atoms with van der Waals surface area (Å²) in [5.74, 6) is 0.969. The number of halogens is 3. The topological polar surface area (TPSA) is 15.3 Å². The van der Waals surface area contributed by atoms with E-state index in [-0.39, 0.29) is 0 Å². The lowest BCUT2D eigenvalue weighted by Crippen LogP contribution is -2.47. The molecule has 0 amide bonds. The third kappa shape index (κ3) is 6.44. The summed E-state index contributed by atoms with van der Waals surface area (Å²) >= 11 is 0. The fourth-order valence-electron chi connectivity index (χ4n) is 3.19. The second-order valence-corrected chi connectivity index (χ2v) is 6.18. The fraction of sp³-hybridized carbons (Fsp3) is 1.00. The van der Waals surface area contributed by atoms with E-state index in [1.165, 1.54) is 6.42 Å². The zero-order valence-corrected chi connectivity index (χ0v) is 13.0. The molecule has 1 rings (SSSR count). The average molecular weight is 294 g/mol. The molecular weight excluding hydrogens is 265 g/mol. The highest BCUT2D eigenvalue weighted by atomic mass is 19.4. The molecule has 1 aliphatic carbocycles. The molecule has 1 N–H and O–H groups in total. The minimum absolute atomic E-state index is 0.340. The van der Waals surface area contributed by atoms with Crippen LogP contribution in [0.3, 0.4) is 0 Å². The smallest absolute Gasteiger partial charge is 0.314 e. The molecule has 0 aromatic rings. The molecule has 0 aromatic carbocycles. The van der Waals surface area contributed by atoms with Gasteiger partial charge >= 0.3 is 6.18 Å². The molecule has 3 unspecified atom stereocenters.